The van der Waals surface area contributed by atoms with Crippen LogP contribution in [0.3, 0.4) is 0 Å². The van der Waals surface area contributed by atoms with Gasteiger partial charge in [0.05, 0.1) is 30.9 Å². The summed E-state index contributed by atoms with van der Waals surface area (Å²) >= 11 is 6.68. The molecule has 1 aromatic carbocycles. The molecule has 5 atom stereocenters. The van der Waals surface area contributed by atoms with Crippen LogP contribution in [0, 0.1) is 5.92 Å². The van der Waals surface area contributed by atoms with Crippen molar-refractivity contribution in [3.05, 3.63) is 28.9 Å². The van der Waals surface area contributed by atoms with E-state index in [0.717, 1.165) is 48.8 Å². The quantitative estimate of drug-likeness (QED) is 0.505. The predicted molar refractivity (Wildman–Crippen MR) is 140 cm³/mol. The number of hydrogen-bond acceptors (Lipinski definition) is 6. The minimum Gasteiger partial charge on any atom is -0.450 e. The molecule has 9 nitrogen and oxygen atoms in total. The summed E-state index contributed by atoms with van der Waals surface area (Å²) in [7, 11) is 0. The van der Waals surface area contributed by atoms with Crippen molar-refractivity contribution in [1.82, 2.24) is 20.0 Å². The van der Waals surface area contributed by atoms with Gasteiger partial charge in [-0.15, -0.1) is 0 Å². The molecule has 3 fully saturated rings. The Morgan fingerprint density at radius 2 is 2.08 bits per heavy atom. The van der Waals surface area contributed by atoms with Crippen molar-refractivity contribution in [2.75, 3.05) is 26.3 Å². The van der Waals surface area contributed by atoms with Gasteiger partial charge in [0.15, 0.2) is 6.23 Å². The Hall–Kier alpha value is -2.59. The molecule has 1 saturated carbocycles. The highest BCUT2D eigenvalue weighted by atomic mass is 35.5. The molecule has 1 aliphatic carbocycles. The average molecular weight is 551 g/mol. The zero-order chi connectivity index (χ0) is 27.0. The number of carbonyl (C=O) groups excluding carboxylic acids is 2. The van der Waals surface area contributed by atoms with Crippen molar-refractivity contribution in [2.24, 2.45) is 5.92 Å². The summed E-state index contributed by atoms with van der Waals surface area (Å²) in [6, 6.07) is 3.26. The molecule has 0 spiro atoms. The van der Waals surface area contributed by atoms with Crippen LogP contribution in [0.15, 0.2) is 18.3 Å². The summed E-state index contributed by atoms with van der Waals surface area (Å²) in [4.78, 5) is 25.7. The summed E-state index contributed by atoms with van der Waals surface area (Å²) in [5.41, 5.74) is 1.40. The topological polar surface area (TPSA) is 94.9 Å². The Bertz CT molecular complexity index is 1180. The van der Waals surface area contributed by atoms with E-state index in [0.29, 0.717) is 23.3 Å². The van der Waals surface area contributed by atoms with Crippen LogP contribution >= 0.6 is 11.6 Å². The van der Waals surface area contributed by atoms with Gasteiger partial charge in [-0.25, -0.2) is 18.7 Å². The summed E-state index contributed by atoms with van der Waals surface area (Å²) < 4.78 is 32.8. The van der Waals surface area contributed by atoms with E-state index in [1.54, 1.807) is 20.8 Å². The zero-order valence-electron chi connectivity index (χ0n) is 22.1. The fourth-order valence-electron chi connectivity index (χ4n) is 5.34. The fourth-order valence-corrected chi connectivity index (χ4v) is 5.63. The Balaban J connectivity index is 1.08. The van der Waals surface area contributed by atoms with Crippen LogP contribution in [-0.4, -0.2) is 71.0 Å². The standard InChI is InChI=1S/C27H36ClFN4O5/c1-27(2,3)38-26(35)32-14-21(29)22(15-32)31-25(34)37-9-7-16-10-18(16)19-11-17-13-30-33(23(17)12-20(19)28)24-6-4-5-8-36-24/h11-13,16,18,21-22,24H,4-10,14-15H2,1-3H3,(H,31,34)/t16?,18?,21-,22+,24?/m1/s1. The number of carbonyl (C=O) groups is 2. The first-order valence-electron chi connectivity index (χ1n) is 13.4. The van der Waals surface area contributed by atoms with Gasteiger partial charge in [-0.3, -0.25) is 0 Å². The zero-order valence-corrected chi connectivity index (χ0v) is 22.9. The number of likely N-dealkylation sites (tertiary alicyclic amines) is 1. The highest BCUT2D eigenvalue weighted by molar-refractivity contribution is 6.32. The molecule has 38 heavy (non-hydrogen) atoms. The van der Waals surface area contributed by atoms with Crippen molar-refractivity contribution in [1.29, 1.82) is 0 Å². The number of halogens is 2. The monoisotopic (exact) mass is 550 g/mol. The number of benzene rings is 1. The van der Waals surface area contributed by atoms with Crippen LogP contribution in [0.25, 0.3) is 10.9 Å². The van der Waals surface area contributed by atoms with Crippen LogP contribution in [0.1, 0.15) is 70.6 Å². The molecule has 2 aliphatic heterocycles. The third-order valence-corrected chi connectivity index (χ3v) is 7.72. The minimum absolute atomic E-state index is 0.0420. The number of aromatic nitrogens is 2. The maximum Gasteiger partial charge on any atom is 0.410 e. The first-order valence-corrected chi connectivity index (χ1v) is 13.8. The third-order valence-electron chi connectivity index (χ3n) is 7.39. The summed E-state index contributed by atoms with van der Waals surface area (Å²) in [5, 5.41) is 8.86. The van der Waals surface area contributed by atoms with Gasteiger partial charge in [-0.05, 0) is 82.4 Å². The van der Waals surface area contributed by atoms with Gasteiger partial charge in [0.2, 0.25) is 0 Å². The van der Waals surface area contributed by atoms with Gasteiger partial charge in [-0.2, -0.15) is 5.10 Å². The Morgan fingerprint density at radius 3 is 2.82 bits per heavy atom. The number of rotatable bonds is 6. The number of amides is 2. The van der Waals surface area contributed by atoms with Gasteiger partial charge in [-0.1, -0.05) is 11.6 Å². The highest BCUT2D eigenvalue weighted by Crippen LogP contribution is 2.52. The van der Waals surface area contributed by atoms with Crippen molar-refractivity contribution in [2.45, 2.75) is 82.8 Å². The maximum absolute atomic E-state index is 14.4. The Kier molecular flexibility index (Phi) is 7.73. The Morgan fingerprint density at radius 1 is 1.26 bits per heavy atom. The molecule has 1 aromatic heterocycles. The molecule has 3 unspecified atom stereocenters. The molecular weight excluding hydrogens is 515 g/mol. The van der Waals surface area contributed by atoms with Crippen molar-refractivity contribution in [3.63, 3.8) is 0 Å². The van der Waals surface area contributed by atoms with Crippen molar-refractivity contribution in [3.8, 4) is 0 Å². The molecule has 3 heterocycles. The minimum atomic E-state index is -1.38. The molecule has 3 aliphatic rings. The van der Waals surface area contributed by atoms with E-state index in [9.17, 15) is 14.0 Å². The van der Waals surface area contributed by atoms with Gasteiger partial charge >= 0.3 is 12.2 Å². The van der Waals surface area contributed by atoms with E-state index in [2.05, 4.69) is 16.5 Å². The van der Waals surface area contributed by atoms with Crippen LogP contribution < -0.4 is 5.32 Å². The molecule has 2 aromatic rings. The van der Waals surface area contributed by atoms with Crippen LogP contribution in [0.2, 0.25) is 5.02 Å². The first kappa shape index (κ1) is 27.0. The van der Waals surface area contributed by atoms with Gasteiger partial charge in [0.1, 0.15) is 11.8 Å². The molecule has 208 valence electrons. The molecule has 5 rings (SSSR count). The van der Waals surface area contributed by atoms with Crippen LogP contribution in [0.4, 0.5) is 14.0 Å². The number of nitrogens with one attached hydrogen (secondary N) is 1. The van der Waals surface area contributed by atoms with Crippen LogP contribution in [-0.2, 0) is 14.2 Å². The molecule has 11 heteroatoms. The lowest BCUT2D eigenvalue weighted by Gasteiger charge is -2.24. The molecule has 2 amide bonds. The van der Waals surface area contributed by atoms with E-state index in [4.69, 9.17) is 25.8 Å². The molecule has 2 saturated heterocycles. The lowest BCUT2D eigenvalue weighted by atomic mass is 10.1. The van der Waals surface area contributed by atoms with E-state index < -0.39 is 30.0 Å². The lowest BCUT2D eigenvalue weighted by molar-refractivity contribution is -0.0366. The second-order valence-corrected chi connectivity index (χ2v) is 11.9. The number of fused-ring (bicyclic) bond motifs is 1. The molecule has 1 N–H and O–H groups in total. The van der Waals surface area contributed by atoms with Gasteiger partial charge in [0.25, 0.3) is 0 Å². The number of alkyl halides is 1. The van der Waals surface area contributed by atoms with Gasteiger partial charge in [0, 0.05) is 23.6 Å². The predicted octanol–water partition coefficient (Wildman–Crippen LogP) is 5.57. The van der Waals surface area contributed by atoms with E-state index in [1.807, 2.05) is 16.9 Å². The first-order chi connectivity index (χ1) is 18.1. The van der Waals surface area contributed by atoms with E-state index >= 15 is 0 Å². The maximum atomic E-state index is 14.4. The number of ether oxygens (including phenoxy) is 3. The summed E-state index contributed by atoms with van der Waals surface area (Å²) in [6.07, 6.45) is 3.98. The molecule has 0 bridgehead atoms. The molecular formula is C27H36ClFN4O5. The van der Waals surface area contributed by atoms with Crippen molar-refractivity contribution >= 4 is 34.7 Å². The molecule has 0 radical (unpaired) electrons. The van der Waals surface area contributed by atoms with Crippen LogP contribution in [0.5, 0.6) is 0 Å². The number of hydrogen-bond donors (Lipinski definition) is 1. The van der Waals surface area contributed by atoms with E-state index in [-0.39, 0.29) is 25.9 Å². The lowest BCUT2D eigenvalue weighted by Crippen LogP contribution is -2.42. The summed E-state index contributed by atoms with van der Waals surface area (Å²) in [6.45, 7) is 6.14. The third kappa shape index (κ3) is 6.17. The Labute approximate surface area is 226 Å². The average Bonchev–Trinajstić information content (AvgIpc) is 3.35. The van der Waals surface area contributed by atoms with Gasteiger partial charge < -0.3 is 24.4 Å². The largest absolute Gasteiger partial charge is 0.450 e. The highest BCUT2D eigenvalue weighted by Gasteiger charge is 2.40. The SMILES string of the molecule is CC(C)(C)OC(=O)N1C[C@@H](F)[C@@H](NC(=O)OCCC2CC2c2cc3cnn(C4CCCCO4)c3cc2Cl)C1. The second kappa shape index (κ2) is 10.9. The normalized spacial score (nSPS) is 27.4. The fraction of sp³-hybridized carbons (Fsp3) is 0.667. The van der Waals surface area contributed by atoms with Crippen molar-refractivity contribution < 1.29 is 28.2 Å². The second-order valence-electron chi connectivity index (χ2n) is 11.5. The summed E-state index contributed by atoms with van der Waals surface area (Å²) in [5.74, 6) is 0.665. The smallest absolute Gasteiger partial charge is 0.410 e. The number of nitrogens with zero attached hydrogens (tertiary/aromatic N) is 3. The number of alkyl carbamates (subject to hydrolysis) is 1. The van der Waals surface area contributed by atoms with E-state index in [1.165, 1.54) is 4.90 Å².